The van der Waals surface area contributed by atoms with E-state index < -0.39 is 0 Å². The molecular weight excluding hydrogens is 186 g/mol. The lowest BCUT2D eigenvalue weighted by Gasteiger charge is -2.25. The standard InChI is InChI=1S/C12H27N3/c1-12(2,5-6-13)10-14-8-11-4-7-15(3)9-11/h11,14H,4-10,13H2,1-3H3. The van der Waals surface area contributed by atoms with Gasteiger partial charge >= 0.3 is 0 Å². The molecule has 1 heterocycles. The first kappa shape index (κ1) is 12.9. The zero-order valence-electron chi connectivity index (χ0n) is 10.6. The molecule has 0 bridgehead atoms. The number of likely N-dealkylation sites (tertiary alicyclic amines) is 1. The maximum absolute atomic E-state index is 5.59. The normalized spacial score (nSPS) is 23.6. The van der Waals surface area contributed by atoms with E-state index in [1.807, 2.05) is 0 Å². The molecule has 1 aliphatic rings. The fourth-order valence-corrected chi connectivity index (χ4v) is 2.29. The van der Waals surface area contributed by atoms with Gasteiger partial charge in [0.25, 0.3) is 0 Å². The first-order valence-corrected chi connectivity index (χ1v) is 6.13. The Hall–Kier alpha value is -0.120. The minimum absolute atomic E-state index is 0.346. The summed E-state index contributed by atoms with van der Waals surface area (Å²) < 4.78 is 0. The summed E-state index contributed by atoms with van der Waals surface area (Å²) in [6.45, 7) is 10.1. The van der Waals surface area contributed by atoms with Crippen LogP contribution in [0.5, 0.6) is 0 Å². The number of nitrogens with zero attached hydrogens (tertiary/aromatic N) is 1. The third kappa shape index (κ3) is 4.96. The van der Waals surface area contributed by atoms with Crippen LogP contribution in [0.2, 0.25) is 0 Å². The molecule has 3 nitrogen and oxygen atoms in total. The molecule has 1 unspecified atom stereocenters. The summed E-state index contributed by atoms with van der Waals surface area (Å²) in [5.74, 6) is 0.851. The van der Waals surface area contributed by atoms with Crippen LogP contribution >= 0.6 is 0 Å². The highest BCUT2D eigenvalue weighted by molar-refractivity contribution is 4.77. The van der Waals surface area contributed by atoms with Crippen LogP contribution in [0.25, 0.3) is 0 Å². The minimum Gasteiger partial charge on any atom is -0.330 e. The van der Waals surface area contributed by atoms with Crippen molar-refractivity contribution in [3.63, 3.8) is 0 Å². The van der Waals surface area contributed by atoms with Crippen LogP contribution in [0.15, 0.2) is 0 Å². The summed E-state index contributed by atoms with van der Waals surface area (Å²) in [4.78, 5) is 2.41. The Morgan fingerprint density at radius 3 is 2.73 bits per heavy atom. The first-order chi connectivity index (χ1) is 7.03. The second kappa shape index (κ2) is 5.83. The first-order valence-electron chi connectivity index (χ1n) is 6.13. The topological polar surface area (TPSA) is 41.3 Å². The van der Waals surface area contributed by atoms with Crippen molar-refractivity contribution >= 4 is 0 Å². The van der Waals surface area contributed by atoms with Crippen molar-refractivity contribution in [2.24, 2.45) is 17.1 Å². The highest BCUT2D eigenvalue weighted by Gasteiger charge is 2.21. The molecule has 1 aliphatic heterocycles. The molecule has 15 heavy (non-hydrogen) atoms. The average Bonchev–Trinajstić information content (AvgIpc) is 2.51. The maximum Gasteiger partial charge on any atom is 0.00192 e. The quantitative estimate of drug-likeness (QED) is 0.689. The Kier molecular flexibility index (Phi) is 5.03. The van der Waals surface area contributed by atoms with E-state index in [9.17, 15) is 0 Å². The van der Waals surface area contributed by atoms with Crippen molar-refractivity contribution in [1.82, 2.24) is 10.2 Å². The van der Waals surface area contributed by atoms with E-state index in [-0.39, 0.29) is 0 Å². The molecule has 1 rings (SSSR count). The zero-order chi connectivity index (χ0) is 11.3. The highest BCUT2D eigenvalue weighted by Crippen LogP contribution is 2.18. The number of nitrogens with two attached hydrogens (primary N) is 1. The summed E-state index contributed by atoms with van der Waals surface area (Å²) in [6, 6.07) is 0. The summed E-state index contributed by atoms with van der Waals surface area (Å²) in [7, 11) is 2.21. The van der Waals surface area contributed by atoms with Crippen LogP contribution in [0.4, 0.5) is 0 Å². The molecule has 0 aromatic carbocycles. The van der Waals surface area contributed by atoms with Crippen molar-refractivity contribution in [1.29, 1.82) is 0 Å². The molecule has 0 amide bonds. The fraction of sp³-hybridized carbons (Fsp3) is 1.00. The summed E-state index contributed by atoms with van der Waals surface area (Å²) in [5.41, 5.74) is 5.94. The SMILES string of the molecule is CN1CCC(CNCC(C)(C)CCN)C1. The lowest BCUT2D eigenvalue weighted by Crippen LogP contribution is -2.34. The molecule has 0 aliphatic carbocycles. The maximum atomic E-state index is 5.59. The van der Waals surface area contributed by atoms with Crippen molar-refractivity contribution in [2.45, 2.75) is 26.7 Å². The third-order valence-electron chi connectivity index (χ3n) is 3.35. The molecule has 90 valence electrons. The number of hydrogen-bond donors (Lipinski definition) is 2. The zero-order valence-corrected chi connectivity index (χ0v) is 10.6. The Labute approximate surface area is 94.4 Å². The van der Waals surface area contributed by atoms with Gasteiger partial charge in [0, 0.05) is 13.1 Å². The molecule has 1 saturated heterocycles. The van der Waals surface area contributed by atoms with E-state index in [0.29, 0.717) is 5.41 Å². The second-order valence-electron chi connectivity index (χ2n) is 5.75. The predicted molar refractivity (Wildman–Crippen MR) is 65.9 cm³/mol. The highest BCUT2D eigenvalue weighted by atomic mass is 15.1. The van der Waals surface area contributed by atoms with Gasteiger partial charge in [-0.05, 0) is 50.9 Å². The molecule has 0 aromatic rings. The molecule has 0 radical (unpaired) electrons. The van der Waals surface area contributed by atoms with Gasteiger partial charge in [-0.3, -0.25) is 0 Å². The summed E-state index contributed by atoms with van der Waals surface area (Å²) in [6.07, 6.45) is 2.45. The van der Waals surface area contributed by atoms with E-state index in [1.165, 1.54) is 26.1 Å². The van der Waals surface area contributed by atoms with Gasteiger partial charge in [0.05, 0.1) is 0 Å². The molecule has 0 aromatic heterocycles. The van der Waals surface area contributed by atoms with Gasteiger partial charge in [0.1, 0.15) is 0 Å². The van der Waals surface area contributed by atoms with Crippen LogP contribution in [-0.4, -0.2) is 44.7 Å². The molecule has 0 spiro atoms. The number of rotatable bonds is 6. The monoisotopic (exact) mass is 213 g/mol. The van der Waals surface area contributed by atoms with E-state index in [0.717, 1.165) is 25.4 Å². The van der Waals surface area contributed by atoms with Gasteiger partial charge in [-0.25, -0.2) is 0 Å². The fourth-order valence-electron chi connectivity index (χ4n) is 2.29. The van der Waals surface area contributed by atoms with Crippen molar-refractivity contribution < 1.29 is 0 Å². The van der Waals surface area contributed by atoms with E-state index in [4.69, 9.17) is 5.73 Å². The van der Waals surface area contributed by atoms with Crippen LogP contribution < -0.4 is 11.1 Å². The lowest BCUT2D eigenvalue weighted by molar-refractivity contribution is 0.306. The Morgan fingerprint density at radius 1 is 1.47 bits per heavy atom. The number of nitrogens with one attached hydrogen (secondary N) is 1. The molecule has 3 N–H and O–H groups in total. The third-order valence-corrected chi connectivity index (χ3v) is 3.35. The lowest BCUT2D eigenvalue weighted by atomic mass is 9.89. The smallest absolute Gasteiger partial charge is 0.00192 e. The van der Waals surface area contributed by atoms with Crippen molar-refractivity contribution in [3.8, 4) is 0 Å². The summed E-state index contributed by atoms with van der Waals surface area (Å²) in [5, 5.41) is 3.59. The Balaban J connectivity index is 2.10. The molecule has 1 fully saturated rings. The van der Waals surface area contributed by atoms with Crippen molar-refractivity contribution in [2.75, 3.05) is 39.8 Å². The van der Waals surface area contributed by atoms with Gasteiger partial charge in [-0.2, -0.15) is 0 Å². The molecular formula is C12H27N3. The second-order valence-corrected chi connectivity index (χ2v) is 5.75. The molecule has 1 atom stereocenters. The van der Waals surface area contributed by atoms with Crippen LogP contribution in [0, 0.1) is 11.3 Å². The van der Waals surface area contributed by atoms with Gasteiger partial charge in [0.2, 0.25) is 0 Å². The van der Waals surface area contributed by atoms with Gasteiger partial charge in [-0.1, -0.05) is 13.8 Å². The van der Waals surface area contributed by atoms with Gasteiger partial charge in [0.15, 0.2) is 0 Å². The summed E-state index contributed by atoms with van der Waals surface area (Å²) >= 11 is 0. The van der Waals surface area contributed by atoms with E-state index in [2.05, 4.69) is 31.1 Å². The average molecular weight is 213 g/mol. The van der Waals surface area contributed by atoms with E-state index in [1.54, 1.807) is 0 Å². The van der Waals surface area contributed by atoms with Crippen LogP contribution in [0.3, 0.4) is 0 Å². The Bertz CT molecular complexity index is 180. The predicted octanol–water partition coefficient (Wildman–Crippen LogP) is 0.903. The van der Waals surface area contributed by atoms with E-state index >= 15 is 0 Å². The van der Waals surface area contributed by atoms with Gasteiger partial charge in [-0.15, -0.1) is 0 Å². The van der Waals surface area contributed by atoms with Crippen LogP contribution in [-0.2, 0) is 0 Å². The minimum atomic E-state index is 0.346. The Morgan fingerprint density at radius 2 is 2.20 bits per heavy atom. The largest absolute Gasteiger partial charge is 0.330 e. The number of hydrogen-bond acceptors (Lipinski definition) is 3. The molecule has 3 heteroatoms. The van der Waals surface area contributed by atoms with Crippen LogP contribution in [0.1, 0.15) is 26.7 Å². The van der Waals surface area contributed by atoms with Crippen molar-refractivity contribution in [3.05, 3.63) is 0 Å². The molecule has 0 saturated carbocycles. The van der Waals surface area contributed by atoms with Gasteiger partial charge < -0.3 is 16.0 Å².